The van der Waals surface area contributed by atoms with Crippen LogP contribution in [0.4, 0.5) is 0 Å². The van der Waals surface area contributed by atoms with Gasteiger partial charge < -0.3 is 15.3 Å². The van der Waals surface area contributed by atoms with Gasteiger partial charge in [-0.25, -0.2) is 0 Å². The highest BCUT2D eigenvalue weighted by atomic mass is 32.2. The minimum Gasteiger partial charge on any atom is -0.504 e. The molecule has 0 saturated carbocycles. The first kappa shape index (κ1) is 9.06. The van der Waals surface area contributed by atoms with Crippen LogP contribution >= 0.6 is 0 Å². The molecule has 3 N–H and O–H groups in total. The zero-order valence-electron chi connectivity index (χ0n) is 6.90. The fraction of sp³-hybridized carbons (Fsp3) is 0.250. The normalized spacial score (nSPS) is 10.6. The lowest BCUT2D eigenvalue weighted by Gasteiger charge is -2.03. The van der Waals surface area contributed by atoms with E-state index in [0.29, 0.717) is 4.90 Å². The van der Waals surface area contributed by atoms with Crippen molar-refractivity contribution in [3.8, 4) is 17.2 Å². The third-order valence-electron chi connectivity index (χ3n) is 1.53. The molecule has 0 unspecified atom stereocenters. The second-order valence-corrected chi connectivity index (χ2v) is 4.67. The highest BCUT2D eigenvalue weighted by Gasteiger charge is 2.19. The van der Waals surface area contributed by atoms with Crippen LogP contribution in [-0.4, -0.2) is 27.8 Å². The van der Waals surface area contributed by atoms with Gasteiger partial charge in [0.05, 0.1) is 0 Å². The van der Waals surface area contributed by atoms with Crippen molar-refractivity contribution in [2.24, 2.45) is 0 Å². The highest BCUT2D eigenvalue weighted by Crippen LogP contribution is 2.38. The van der Waals surface area contributed by atoms with Gasteiger partial charge in [0, 0.05) is 17.0 Å². The number of hydrogen-bond donors (Lipinski definition) is 3. The third kappa shape index (κ3) is 1.43. The van der Waals surface area contributed by atoms with Crippen LogP contribution in [0.25, 0.3) is 0 Å². The monoisotopic (exact) mass is 187 g/mol. The average Bonchev–Trinajstić information content (AvgIpc) is 2.00. The van der Waals surface area contributed by atoms with Gasteiger partial charge in [0.1, 0.15) is 12.5 Å². The van der Waals surface area contributed by atoms with E-state index in [9.17, 15) is 5.11 Å². The topological polar surface area (TPSA) is 60.7 Å². The Morgan fingerprint density at radius 3 is 2.08 bits per heavy atom. The van der Waals surface area contributed by atoms with Crippen molar-refractivity contribution in [1.82, 2.24) is 0 Å². The maximum atomic E-state index is 9.35. The molecule has 0 aliphatic heterocycles. The van der Waals surface area contributed by atoms with Crippen molar-refractivity contribution in [1.29, 1.82) is 0 Å². The van der Waals surface area contributed by atoms with E-state index in [1.165, 1.54) is 6.07 Å². The molecule has 0 heterocycles. The van der Waals surface area contributed by atoms with E-state index in [-0.39, 0.29) is 22.4 Å². The molecule has 1 aromatic carbocycles. The van der Waals surface area contributed by atoms with Crippen LogP contribution in [0.1, 0.15) is 0 Å². The van der Waals surface area contributed by atoms with Crippen LogP contribution in [0.3, 0.4) is 0 Å². The Kier molecular flexibility index (Phi) is 2.38. The summed E-state index contributed by atoms with van der Waals surface area (Å²) in [7, 11) is -0.130. The van der Waals surface area contributed by atoms with Crippen molar-refractivity contribution >= 4 is 10.9 Å². The Morgan fingerprint density at radius 2 is 1.58 bits per heavy atom. The first-order chi connectivity index (χ1) is 5.54. The largest absolute Gasteiger partial charge is 0.504 e. The molecule has 12 heavy (non-hydrogen) atoms. The summed E-state index contributed by atoms with van der Waals surface area (Å²) in [5.74, 6) is -0.946. The number of phenols is 3. The SMILES string of the molecule is C[S+](C)c1ccc(O)c(O)c1O. The van der Waals surface area contributed by atoms with E-state index in [0.717, 1.165) is 0 Å². The second kappa shape index (κ2) is 3.15. The van der Waals surface area contributed by atoms with Gasteiger partial charge in [-0.15, -0.1) is 0 Å². The molecule has 0 amide bonds. The molecular weight excluding hydrogens is 176 g/mol. The van der Waals surface area contributed by atoms with Crippen LogP contribution in [0.5, 0.6) is 17.2 Å². The lowest BCUT2D eigenvalue weighted by atomic mass is 10.3. The van der Waals surface area contributed by atoms with Crippen molar-refractivity contribution in [3.63, 3.8) is 0 Å². The summed E-state index contributed by atoms with van der Waals surface area (Å²) in [6.07, 6.45) is 3.84. The standard InChI is InChI=1S/C8H10O3S/c1-12(2)6-4-3-5(9)7(10)8(6)11/h3-4H,1-2H3,(H2-,9,10,11)/p+1. The van der Waals surface area contributed by atoms with Gasteiger partial charge in [0.25, 0.3) is 0 Å². The van der Waals surface area contributed by atoms with Crippen molar-refractivity contribution in [3.05, 3.63) is 12.1 Å². The summed E-state index contributed by atoms with van der Waals surface area (Å²) in [5, 5.41) is 27.5. The summed E-state index contributed by atoms with van der Waals surface area (Å²) < 4.78 is 0. The Hall–Kier alpha value is -1.03. The second-order valence-electron chi connectivity index (χ2n) is 2.60. The summed E-state index contributed by atoms with van der Waals surface area (Å²) in [6, 6.07) is 2.98. The smallest absolute Gasteiger partial charge is 0.217 e. The van der Waals surface area contributed by atoms with E-state index in [4.69, 9.17) is 10.2 Å². The fourth-order valence-corrected chi connectivity index (χ4v) is 1.70. The van der Waals surface area contributed by atoms with Crippen LogP contribution in [-0.2, 0) is 10.9 Å². The molecule has 0 spiro atoms. The van der Waals surface area contributed by atoms with Gasteiger partial charge in [-0.1, -0.05) is 0 Å². The van der Waals surface area contributed by atoms with Gasteiger partial charge in [0.15, 0.2) is 10.6 Å². The number of aromatic hydroxyl groups is 3. The maximum absolute atomic E-state index is 9.35. The van der Waals surface area contributed by atoms with E-state index in [1.807, 2.05) is 12.5 Å². The van der Waals surface area contributed by atoms with Gasteiger partial charge >= 0.3 is 0 Å². The first-order valence-corrected chi connectivity index (χ1v) is 5.39. The summed E-state index contributed by atoms with van der Waals surface area (Å²) in [5.41, 5.74) is 0. The lowest BCUT2D eigenvalue weighted by Crippen LogP contribution is -1.95. The van der Waals surface area contributed by atoms with Crippen LogP contribution < -0.4 is 0 Å². The van der Waals surface area contributed by atoms with Crippen molar-refractivity contribution in [2.75, 3.05) is 12.5 Å². The molecule has 0 radical (unpaired) electrons. The molecule has 1 aromatic rings. The molecule has 0 aromatic heterocycles. The van der Waals surface area contributed by atoms with Gasteiger partial charge in [-0.3, -0.25) is 0 Å². The highest BCUT2D eigenvalue weighted by molar-refractivity contribution is 7.95. The van der Waals surface area contributed by atoms with E-state index >= 15 is 0 Å². The van der Waals surface area contributed by atoms with E-state index < -0.39 is 5.75 Å². The number of rotatable bonds is 1. The number of phenolic OH excluding ortho intramolecular Hbond substituents is 3. The lowest BCUT2D eigenvalue weighted by molar-refractivity contribution is 0.361. The van der Waals surface area contributed by atoms with Crippen LogP contribution in [0.2, 0.25) is 0 Å². The Bertz CT molecular complexity index is 297. The van der Waals surface area contributed by atoms with Crippen molar-refractivity contribution < 1.29 is 15.3 Å². The minimum absolute atomic E-state index is 0.130. The molecule has 0 aliphatic carbocycles. The first-order valence-electron chi connectivity index (χ1n) is 3.35. The molecule has 3 nitrogen and oxygen atoms in total. The molecule has 0 bridgehead atoms. The molecule has 0 fully saturated rings. The zero-order valence-corrected chi connectivity index (χ0v) is 7.72. The third-order valence-corrected chi connectivity index (χ3v) is 2.74. The molecule has 0 saturated heterocycles. The summed E-state index contributed by atoms with van der Waals surface area (Å²) >= 11 is 0. The zero-order chi connectivity index (χ0) is 9.30. The quantitative estimate of drug-likeness (QED) is 0.455. The molecule has 4 heteroatoms. The summed E-state index contributed by atoms with van der Waals surface area (Å²) in [6.45, 7) is 0. The number of benzene rings is 1. The predicted molar refractivity (Wildman–Crippen MR) is 48.9 cm³/mol. The molecule has 66 valence electrons. The van der Waals surface area contributed by atoms with Gasteiger partial charge in [-0.05, 0) is 6.07 Å². The van der Waals surface area contributed by atoms with Gasteiger partial charge in [-0.2, -0.15) is 0 Å². The van der Waals surface area contributed by atoms with Gasteiger partial charge in [0.2, 0.25) is 11.5 Å². The molecule has 0 atom stereocenters. The maximum Gasteiger partial charge on any atom is 0.217 e. The fourth-order valence-electron chi connectivity index (χ4n) is 0.880. The van der Waals surface area contributed by atoms with Crippen LogP contribution in [0, 0.1) is 0 Å². The van der Waals surface area contributed by atoms with E-state index in [1.54, 1.807) is 6.07 Å². The Labute approximate surface area is 73.6 Å². The minimum atomic E-state index is -0.436. The van der Waals surface area contributed by atoms with Crippen LogP contribution in [0.15, 0.2) is 17.0 Å². The molecule has 0 aliphatic rings. The predicted octanol–water partition coefficient (Wildman–Crippen LogP) is 1.04. The molecule has 1 rings (SSSR count). The average molecular weight is 187 g/mol. The van der Waals surface area contributed by atoms with Crippen molar-refractivity contribution in [2.45, 2.75) is 4.90 Å². The Balaban J connectivity index is 3.27. The Morgan fingerprint density at radius 1 is 1.00 bits per heavy atom. The van der Waals surface area contributed by atoms with E-state index in [2.05, 4.69) is 0 Å². The molecular formula is C8H11O3S+. The summed E-state index contributed by atoms with van der Waals surface area (Å²) in [4.78, 5) is 0.658. The number of hydrogen-bond acceptors (Lipinski definition) is 3.